The van der Waals surface area contributed by atoms with E-state index in [4.69, 9.17) is 0 Å². The Kier molecular flexibility index (Phi) is 4.24. The third-order valence-electron chi connectivity index (χ3n) is 3.89. The predicted octanol–water partition coefficient (Wildman–Crippen LogP) is 4.08. The van der Waals surface area contributed by atoms with Gasteiger partial charge in [0.05, 0.1) is 11.6 Å². The summed E-state index contributed by atoms with van der Waals surface area (Å²) in [5.74, 6) is -2.39. The number of Topliss-reactive ketones (excluding diaryl/α,β-unsaturated/α-hetero) is 1. The Morgan fingerprint density at radius 2 is 1.79 bits per heavy atom. The number of rotatable bonds is 3. The van der Waals surface area contributed by atoms with Crippen LogP contribution in [0, 0.1) is 5.82 Å². The van der Waals surface area contributed by atoms with Gasteiger partial charge in [0, 0.05) is 15.7 Å². The topological polar surface area (TPSA) is 57.6 Å². The van der Waals surface area contributed by atoms with Gasteiger partial charge in [-0.15, -0.1) is 0 Å². The second kappa shape index (κ2) is 6.20. The Morgan fingerprint density at radius 1 is 1.17 bits per heavy atom. The van der Waals surface area contributed by atoms with E-state index in [2.05, 4.69) is 15.9 Å². The number of benzene rings is 2. The molecule has 1 N–H and O–H groups in total. The fourth-order valence-electron chi connectivity index (χ4n) is 2.82. The van der Waals surface area contributed by atoms with E-state index < -0.39 is 29.3 Å². The van der Waals surface area contributed by atoms with Crippen molar-refractivity contribution in [1.29, 1.82) is 0 Å². The first kappa shape index (κ1) is 16.4. The summed E-state index contributed by atoms with van der Waals surface area (Å²) in [7, 11) is 0. The van der Waals surface area contributed by atoms with Gasteiger partial charge >= 0.3 is 0 Å². The smallest absolute Gasteiger partial charge is 0.294 e. The highest BCUT2D eigenvalue weighted by Gasteiger charge is 2.44. The van der Waals surface area contributed by atoms with Crippen molar-refractivity contribution in [2.75, 3.05) is 4.90 Å². The first-order chi connectivity index (χ1) is 11.4. The van der Waals surface area contributed by atoms with Gasteiger partial charge in [0.15, 0.2) is 11.5 Å². The average molecular weight is 390 g/mol. The van der Waals surface area contributed by atoms with Gasteiger partial charge < -0.3 is 5.11 Å². The molecule has 1 heterocycles. The highest BCUT2D eigenvalue weighted by molar-refractivity contribution is 9.10. The van der Waals surface area contributed by atoms with Crippen LogP contribution in [0.5, 0.6) is 0 Å². The molecule has 4 nitrogen and oxygen atoms in total. The highest BCUT2D eigenvalue weighted by atomic mass is 79.9. The van der Waals surface area contributed by atoms with Crippen molar-refractivity contribution >= 4 is 33.3 Å². The molecule has 6 heteroatoms. The Bertz CT molecular complexity index is 861. The summed E-state index contributed by atoms with van der Waals surface area (Å²) in [6.45, 7) is 1.25. The molecule has 0 spiro atoms. The quantitative estimate of drug-likeness (QED) is 0.860. The number of hydrogen-bond donors (Lipinski definition) is 1. The van der Waals surface area contributed by atoms with Crippen molar-refractivity contribution in [2.24, 2.45) is 0 Å². The number of hydrogen-bond acceptors (Lipinski definition) is 3. The van der Waals surface area contributed by atoms with Crippen molar-refractivity contribution in [1.82, 2.24) is 0 Å². The lowest BCUT2D eigenvalue weighted by Crippen LogP contribution is -2.31. The van der Waals surface area contributed by atoms with E-state index >= 15 is 0 Å². The number of amides is 1. The third-order valence-corrected chi connectivity index (χ3v) is 4.42. The van der Waals surface area contributed by atoms with Crippen LogP contribution in [0.2, 0.25) is 0 Å². The zero-order chi connectivity index (χ0) is 17.4. The molecule has 0 saturated carbocycles. The van der Waals surface area contributed by atoms with Gasteiger partial charge in [-0.2, -0.15) is 0 Å². The fourth-order valence-corrected chi connectivity index (χ4v) is 3.09. The van der Waals surface area contributed by atoms with Crippen molar-refractivity contribution in [3.05, 3.63) is 75.7 Å². The van der Waals surface area contributed by atoms with E-state index in [-0.39, 0.29) is 11.1 Å². The van der Waals surface area contributed by atoms with Crippen LogP contribution < -0.4 is 4.90 Å². The molecule has 0 fully saturated rings. The van der Waals surface area contributed by atoms with Crippen molar-refractivity contribution < 1.29 is 19.1 Å². The minimum Gasteiger partial charge on any atom is -0.503 e. The van der Waals surface area contributed by atoms with E-state index in [1.54, 1.807) is 30.3 Å². The maximum Gasteiger partial charge on any atom is 0.294 e. The molecule has 1 aliphatic rings. The second-order valence-corrected chi connectivity index (χ2v) is 6.31. The van der Waals surface area contributed by atoms with Crippen molar-refractivity contribution in [3.63, 3.8) is 0 Å². The molecule has 2 aromatic rings. The lowest BCUT2D eigenvalue weighted by molar-refractivity contribution is -0.117. The molecule has 0 bridgehead atoms. The molecule has 2 aromatic carbocycles. The van der Waals surface area contributed by atoms with Crippen LogP contribution in [-0.2, 0) is 9.59 Å². The minimum atomic E-state index is -1.00. The summed E-state index contributed by atoms with van der Waals surface area (Å²) in [4.78, 5) is 25.8. The zero-order valence-electron chi connectivity index (χ0n) is 12.7. The van der Waals surface area contributed by atoms with Crippen LogP contribution in [0.25, 0.3) is 0 Å². The molecule has 1 aliphatic heterocycles. The van der Waals surface area contributed by atoms with E-state index in [9.17, 15) is 19.1 Å². The number of nitrogens with zero attached hydrogens (tertiary/aromatic N) is 1. The Labute approximate surface area is 146 Å². The number of ketones is 1. The first-order valence-electron chi connectivity index (χ1n) is 7.19. The fraction of sp³-hybridized carbons (Fsp3) is 0.111. The van der Waals surface area contributed by atoms with Crippen LogP contribution in [0.3, 0.4) is 0 Å². The minimum absolute atomic E-state index is 0.104. The van der Waals surface area contributed by atoms with Crippen LogP contribution in [0.15, 0.2) is 64.3 Å². The number of aliphatic hydroxyl groups excluding tert-OH is 1. The van der Waals surface area contributed by atoms with Crippen molar-refractivity contribution in [2.45, 2.75) is 13.0 Å². The number of anilines is 1. The first-order valence-corrected chi connectivity index (χ1v) is 7.98. The molecule has 24 heavy (non-hydrogen) atoms. The largest absolute Gasteiger partial charge is 0.503 e. The van der Waals surface area contributed by atoms with E-state index in [0.29, 0.717) is 5.69 Å². The summed E-state index contributed by atoms with van der Waals surface area (Å²) in [5.41, 5.74) is 0.510. The lowest BCUT2D eigenvalue weighted by Gasteiger charge is -2.27. The summed E-state index contributed by atoms with van der Waals surface area (Å²) in [6, 6.07) is 11.7. The molecule has 0 aromatic heterocycles. The van der Waals surface area contributed by atoms with Crippen molar-refractivity contribution in [3.8, 4) is 0 Å². The van der Waals surface area contributed by atoms with Gasteiger partial charge in [0.2, 0.25) is 0 Å². The number of carbonyl (C=O) groups excluding carboxylic acids is 2. The molecular weight excluding hydrogens is 377 g/mol. The molecule has 0 radical (unpaired) electrons. The van der Waals surface area contributed by atoms with Crippen LogP contribution in [0.4, 0.5) is 10.1 Å². The number of carbonyl (C=O) groups is 2. The SMILES string of the molecule is CC(=O)C1=C(O)C(=O)N(c2ccc(Br)cc2)[C@H]1c1ccccc1F. The number of aliphatic hydroxyl groups is 1. The average Bonchev–Trinajstić information content (AvgIpc) is 2.81. The van der Waals surface area contributed by atoms with Crippen LogP contribution in [-0.4, -0.2) is 16.8 Å². The van der Waals surface area contributed by atoms with Gasteiger partial charge in [-0.25, -0.2) is 4.39 Å². The lowest BCUT2D eigenvalue weighted by atomic mass is 9.96. The van der Waals surface area contributed by atoms with Gasteiger partial charge in [-0.3, -0.25) is 14.5 Å². The molecule has 3 rings (SSSR count). The molecule has 1 amide bonds. The van der Waals surface area contributed by atoms with Crippen LogP contribution in [0.1, 0.15) is 18.5 Å². The molecular formula is C18H13BrFNO3. The Hall–Kier alpha value is -2.47. The second-order valence-electron chi connectivity index (χ2n) is 5.39. The Balaban J connectivity index is 2.21. The van der Waals surface area contributed by atoms with E-state index in [0.717, 1.165) is 4.47 Å². The van der Waals surface area contributed by atoms with E-state index in [1.165, 1.54) is 30.0 Å². The van der Waals surface area contributed by atoms with Gasteiger partial charge in [-0.1, -0.05) is 34.1 Å². The maximum atomic E-state index is 14.3. The summed E-state index contributed by atoms with van der Waals surface area (Å²) < 4.78 is 15.1. The zero-order valence-corrected chi connectivity index (χ0v) is 14.2. The van der Waals surface area contributed by atoms with Gasteiger partial charge in [0.25, 0.3) is 5.91 Å². The Morgan fingerprint density at radius 3 is 2.38 bits per heavy atom. The normalized spacial score (nSPS) is 17.5. The summed E-state index contributed by atoms with van der Waals surface area (Å²) in [5, 5.41) is 10.2. The molecule has 122 valence electrons. The highest BCUT2D eigenvalue weighted by Crippen LogP contribution is 2.41. The van der Waals surface area contributed by atoms with Gasteiger partial charge in [0.1, 0.15) is 5.82 Å². The predicted molar refractivity (Wildman–Crippen MR) is 91.1 cm³/mol. The van der Waals surface area contributed by atoms with Crippen LogP contribution >= 0.6 is 15.9 Å². The van der Waals surface area contributed by atoms with Gasteiger partial charge in [-0.05, 0) is 37.3 Å². The summed E-state index contributed by atoms with van der Waals surface area (Å²) in [6.07, 6.45) is 0. The maximum absolute atomic E-state index is 14.3. The molecule has 0 saturated heterocycles. The number of halogens is 2. The summed E-state index contributed by atoms with van der Waals surface area (Å²) >= 11 is 3.31. The molecule has 1 atom stereocenters. The van der Waals surface area contributed by atoms with E-state index in [1.807, 2.05) is 0 Å². The third kappa shape index (κ3) is 2.63. The molecule has 0 aliphatic carbocycles. The molecule has 0 unspecified atom stereocenters. The monoisotopic (exact) mass is 389 g/mol. The standard InChI is InChI=1S/C18H13BrFNO3/c1-10(22)15-16(13-4-2-3-5-14(13)20)21(18(24)17(15)23)12-8-6-11(19)7-9-12/h2-9,16,23H,1H3/t16-/m0/s1.